The van der Waals surface area contributed by atoms with Gasteiger partial charge in [-0.2, -0.15) is 0 Å². The number of rotatable bonds is 4. The zero-order valence-electron chi connectivity index (χ0n) is 12.8. The average Bonchev–Trinajstić information content (AvgIpc) is 3.04. The molecule has 7 heteroatoms. The maximum absolute atomic E-state index is 12.0. The Morgan fingerprint density at radius 2 is 2.12 bits per heavy atom. The first-order valence-corrected chi connectivity index (χ1v) is 7.57. The summed E-state index contributed by atoms with van der Waals surface area (Å²) in [5.41, 5.74) is 3.16. The van der Waals surface area contributed by atoms with E-state index in [1.54, 1.807) is 49.6 Å². The molecule has 122 valence electrons. The van der Waals surface area contributed by atoms with Crippen molar-refractivity contribution in [2.45, 2.75) is 6.92 Å². The molecule has 0 radical (unpaired) electrons. The molecule has 0 unspecified atom stereocenters. The van der Waals surface area contributed by atoms with E-state index in [1.807, 2.05) is 0 Å². The number of esters is 1. The Bertz CT molecular complexity index is 920. The highest BCUT2D eigenvalue weighted by atomic mass is 35.5. The standard InChI is InChI=1S/C17H14ClN3O3/c1-10-12(18)3-2-4-13(10)21-16(22)8-24-17(23)11-5-6-14-15(7-11)20-9-19-14/h2-7,9H,8H2,1H3,(H,19,20)(H,21,22). The molecule has 2 N–H and O–H groups in total. The van der Waals surface area contributed by atoms with Crippen molar-refractivity contribution < 1.29 is 14.3 Å². The number of hydrogen-bond acceptors (Lipinski definition) is 4. The molecule has 0 aliphatic heterocycles. The fourth-order valence-corrected chi connectivity index (χ4v) is 2.38. The highest BCUT2D eigenvalue weighted by Crippen LogP contribution is 2.22. The number of anilines is 1. The number of halogens is 1. The second kappa shape index (κ2) is 6.72. The summed E-state index contributed by atoms with van der Waals surface area (Å²) in [6.07, 6.45) is 1.54. The van der Waals surface area contributed by atoms with E-state index in [1.165, 1.54) is 0 Å². The summed E-state index contributed by atoms with van der Waals surface area (Å²) in [4.78, 5) is 31.0. The fraction of sp³-hybridized carbons (Fsp3) is 0.118. The Morgan fingerprint density at radius 3 is 2.96 bits per heavy atom. The van der Waals surface area contributed by atoms with Crippen LogP contribution in [-0.4, -0.2) is 28.5 Å². The van der Waals surface area contributed by atoms with Crippen molar-refractivity contribution in [3.63, 3.8) is 0 Å². The molecule has 1 amide bonds. The number of amides is 1. The molecule has 0 saturated carbocycles. The summed E-state index contributed by atoms with van der Waals surface area (Å²) in [6.45, 7) is 1.41. The Kier molecular flexibility index (Phi) is 4.48. The molecule has 2 aromatic carbocycles. The quantitative estimate of drug-likeness (QED) is 0.712. The van der Waals surface area contributed by atoms with Crippen LogP contribution >= 0.6 is 11.6 Å². The van der Waals surface area contributed by atoms with E-state index in [9.17, 15) is 9.59 Å². The van der Waals surface area contributed by atoms with Crippen LogP contribution in [-0.2, 0) is 9.53 Å². The number of benzene rings is 2. The molecular formula is C17H14ClN3O3. The highest BCUT2D eigenvalue weighted by Gasteiger charge is 2.12. The summed E-state index contributed by atoms with van der Waals surface area (Å²) in [6, 6.07) is 10.1. The van der Waals surface area contributed by atoms with Gasteiger partial charge in [-0.3, -0.25) is 4.79 Å². The Balaban J connectivity index is 1.61. The number of H-pyrrole nitrogens is 1. The van der Waals surface area contributed by atoms with Gasteiger partial charge < -0.3 is 15.0 Å². The van der Waals surface area contributed by atoms with Crippen LogP contribution in [0.4, 0.5) is 5.69 Å². The molecule has 0 aliphatic rings. The van der Waals surface area contributed by atoms with Crippen molar-refractivity contribution in [1.29, 1.82) is 0 Å². The third-order valence-electron chi connectivity index (χ3n) is 3.53. The van der Waals surface area contributed by atoms with Crippen LogP contribution in [0, 0.1) is 6.92 Å². The maximum Gasteiger partial charge on any atom is 0.338 e. The number of nitrogens with one attached hydrogen (secondary N) is 2. The predicted octanol–water partition coefficient (Wildman–Crippen LogP) is 3.32. The van der Waals surface area contributed by atoms with Crippen molar-refractivity contribution >= 4 is 40.2 Å². The number of aromatic nitrogens is 2. The van der Waals surface area contributed by atoms with Gasteiger partial charge in [-0.1, -0.05) is 17.7 Å². The molecule has 0 spiro atoms. The lowest BCUT2D eigenvalue weighted by atomic mass is 10.2. The fourth-order valence-electron chi connectivity index (χ4n) is 2.21. The van der Waals surface area contributed by atoms with Crippen LogP contribution in [0.3, 0.4) is 0 Å². The maximum atomic E-state index is 12.0. The Morgan fingerprint density at radius 1 is 1.29 bits per heavy atom. The SMILES string of the molecule is Cc1c(Cl)cccc1NC(=O)COC(=O)c1ccc2nc[nH]c2c1. The van der Waals surface area contributed by atoms with E-state index in [4.69, 9.17) is 16.3 Å². The van der Waals surface area contributed by atoms with E-state index in [-0.39, 0.29) is 6.61 Å². The van der Waals surface area contributed by atoms with E-state index in [0.717, 1.165) is 16.6 Å². The molecule has 3 aromatic rings. The largest absolute Gasteiger partial charge is 0.452 e. The van der Waals surface area contributed by atoms with Crippen LogP contribution in [0.25, 0.3) is 11.0 Å². The molecule has 0 fully saturated rings. The third kappa shape index (κ3) is 3.38. The molecule has 0 bridgehead atoms. The second-order valence-corrected chi connectivity index (χ2v) is 5.58. The van der Waals surface area contributed by atoms with Crippen molar-refractivity contribution in [2.24, 2.45) is 0 Å². The molecule has 0 atom stereocenters. The Labute approximate surface area is 142 Å². The zero-order valence-corrected chi connectivity index (χ0v) is 13.6. The van der Waals surface area contributed by atoms with Gasteiger partial charge in [-0.25, -0.2) is 9.78 Å². The number of hydrogen-bond donors (Lipinski definition) is 2. The smallest absolute Gasteiger partial charge is 0.338 e. The van der Waals surface area contributed by atoms with E-state index in [0.29, 0.717) is 16.3 Å². The summed E-state index contributed by atoms with van der Waals surface area (Å²) in [5, 5.41) is 3.22. The molecule has 1 heterocycles. The molecule has 1 aromatic heterocycles. The van der Waals surface area contributed by atoms with Gasteiger partial charge in [-0.05, 0) is 42.8 Å². The van der Waals surface area contributed by atoms with Crippen molar-refractivity contribution in [1.82, 2.24) is 9.97 Å². The number of carbonyl (C=O) groups is 2. The first-order valence-electron chi connectivity index (χ1n) is 7.20. The minimum atomic E-state index is -0.579. The van der Waals surface area contributed by atoms with Gasteiger partial charge in [-0.15, -0.1) is 0 Å². The monoisotopic (exact) mass is 343 g/mol. The average molecular weight is 344 g/mol. The lowest BCUT2D eigenvalue weighted by molar-refractivity contribution is -0.119. The molecule has 24 heavy (non-hydrogen) atoms. The summed E-state index contributed by atoms with van der Waals surface area (Å²) < 4.78 is 5.04. The minimum absolute atomic E-state index is 0.346. The predicted molar refractivity (Wildman–Crippen MR) is 91.2 cm³/mol. The summed E-state index contributed by atoms with van der Waals surface area (Å²) >= 11 is 6.00. The van der Waals surface area contributed by atoms with Crippen LogP contribution in [0.2, 0.25) is 5.02 Å². The topological polar surface area (TPSA) is 84.1 Å². The number of nitrogens with zero attached hydrogens (tertiary/aromatic N) is 1. The van der Waals surface area contributed by atoms with Gasteiger partial charge in [0.1, 0.15) is 0 Å². The third-order valence-corrected chi connectivity index (χ3v) is 3.94. The summed E-state index contributed by atoms with van der Waals surface area (Å²) in [7, 11) is 0. The van der Waals surface area contributed by atoms with Gasteiger partial charge in [0.2, 0.25) is 0 Å². The highest BCUT2D eigenvalue weighted by molar-refractivity contribution is 6.31. The van der Waals surface area contributed by atoms with Gasteiger partial charge in [0.15, 0.2) is 6.61 Å². The first kappa shape index (κ1) is 16.0. The molecule has 0 aliphatic carbocycles. The number of carbonyl (C=O) groups excluding carboxylic acids is 2. The van der Waals surface area contributed by atoms with Crippen LogP contribution in [0.15, 0.2) is 42.7 Å². The summed E-state index contributed by atoms with van der Waals surface area (Å²) in [5.74, 6) is -1.01. The van der Waals surface area contributed by atoms with E-state index in [2.05, 4.69) is 15.3 Å². The first-order chi connectivity index (χ1) is 11.5. The van der Waals surface area contributed by atoms with Gasteiger partial charge >= 0.3 is 5.97 Å². The molecular weight excluding hydrogens is 330 g/mol. The van der Waals surface area contributed by atoms with Crippen LogP contribution < -0.4 is 5.32 Å². The number of ether oxygens (including phenoxy) is 1. The zero-order chi connectivity index (χ0) is 17.1. The van der Waals surface area contributed by atoms with E-state index >= 15 is 0 Å². The van der Waals surface area contributed by atoms with Crippen LogP contribution in [0.1, 0.15) is 15.9 Å². The number of aromatic amines is 1. The van der Waals surface area contributed by atoms with Gasteiger partial charge in [0.25, 0.3) is 5.91 Å². The van der Waals surface area contributed by atoms with Crippen molar-refractivity contribution in [2.75, 3.05) is 11.9 Å². The van der Waals surface area contributed by atoms with Crippen LogP contribution in [0.5, 0.6) is 0 Å². The number of fused-ring (bicyclic) bond motifs is 1. The minimum Gasteiger partial charge on any atom is -0.452 e. The van der Waals surface area contributed by atoms with Crippen molar-refractivity contribution in [3.8, 4) is 0 Å². The van der Waals surface area contributed by atoms with Gasteiger partial charge in [0, 0.05) is 10.7 Å². The normalized spacial score (nSPS) is 10.6. The Hall–Kier alpha value is -2.86. The lowest BCUT2D eigenvalue weighted by Crippen LogP contribution is -2.21. The lowest BCUT2D eigenvalue weighted by Gasteiger charge is -2.10. The van der Waals surface area contributed by atoms with E-state index < -0.39 is 11.9 Å². The molecule has 6 nitrogen and oxygen atoms in total. The molecule has 3 rings (SSSR count). The second-order valence-electron chi connectivity index (χ2n) is 5.17. The van der Waals surface area contributed by atoms with Crippen molar-refractivity contribution in [3.05, 3.63) is 58.9 Å². The number of imidazole rings is 1. The molecule has 0 saturated heterocycles. The van der Waals surface area contributed by atoms with Gasteiger partial charge in [0.05, 0.1) is 22.9 Å².